The minimum Gasteiger partial charge on any atom is -0.396 e. The van der Waals surface area contributed by atoms with Crippen LogP contribution in [-0.2, 0) is 0 Å². The maximum Gasteiger partial charge on any atom is 0.0558 e. The monoisotopic (exact) mass is 329 g/mol. The van der Waals surface area contributed by atoms with E-state index in [1.807, 2.05) is 0 Å². The molecule has 0 aliphatic carbocycles. The zero-order valence-corrected chi connectivity index (χ0v) is 15.8. The molecular weight excluding hydrogens is 286 g/mol. The molecule has 0 aliphatic rings. The molecule has 0 aromatic carbocycles. The summed E-state index contributed by atoms with van der Waals surface area (Å²) in [6, 6.07) is 0. The van der Waals surface area contributed by atoms with E-state index in [2.05, 4.69) is 11.8 Å². The van der Waals surface area contributed by atoms with Crippen LogP contribution >= 0.6 is 0 Å². The zero-order chi connectivity index (χ0) is 17.0. The molecule has 0 saturated carbocycles. The van der Waals surface area contributed by atoms with Gasteiger partial charge in [-0.3, -0.25) is 0 Å². The summed E-state index contributed by atoms with van der Waals surface area (Å²) in [5, 5.41) is 17.8. The lowest BCUT2D eigenvalue weighted by Crippen LogP contribution is -2.29. The summed E-state index contributed by atoms with van der Waals surface area (Å²) in [5.74, 6) is 0. The SMILES string of the molecule is CCCCCN(CCO)CCCCCCCCCCCCCO. The van der Waals surface area contributed by atoms with E-state index < -0.39 is 0 Å². The first kappa shape index (κ1) is 22.9. The van der Waals surface area contributed by atoms with Gasteiger partial charge in [-0.1, -0.05) is 77.6 Å². The van der Waals surface area contributed by atoms with Crippen molar-refractivity contribution in [3.63, 3.8) is 0 Å². The van der Waals surface area contributed by atoms with Crippen LogP contribution in [-0.4, -0.2) is 48.0 Å². The van der Waals surface area contributed by atoms with Gasteiger partial charge >= 0.3 is 0 Å². The molecule has 0 spiro atoms. The molecular formula is C20H43NO2. The fourth-order valence-corrected chi connectivity index (χ4v) is 3.10. The molecule has 0 saturated heterocycles. The summed E-state index contributed by atoms with van der Waals surface area (Å²) in [5.41, 5.74) is 0. The Morgan fingerprint density at radius 2 is 0.913 bits per heavy atom. The molecule has 0 radical (unpaired) electrons. The molecule has 0 fully saturated rings. The highest BCUT2D eigenvalue weighted by Gasteiger charge is 2.03. The number of aliphatic hydroxyl groups excluding tert-OH is 2. The molecule has 2 N–H and O–H groups in total. The minimum atomic E-state index is 0.296. The highest BCUT2D eigenvalue weighted by Crippen LogP contribution is 2.11. The van der Waals surface area contributed by atoms with Gasteiger partial charge in [0.25, 0.3) is 0 Å². The Kier molecular flexibility index (Phi) is 19.8. The van der Waals surface area contributed by atoms with Crippen molar-refractivity contribution < 1.29 is 10.2 Å². The van der Waals surface area contributed by atoms with Gasteiger partial charge in [-0.05, 0) is 32.4 Å². The topological polar surface area (TPSA) is 43.7 Å². The van der Waals surface area contributed by atoms with Crippen LogP contribution < -0.4 is 0 Å². The molecule has 3 nitrogen and oxygen atoms in total. The second kappa shape index (κ2) is 19.9. The average Bonchev–Trinajstić information content (AvgIpc) is 2.56. The molecule has 3 heteroatoms. The van der Waals surface area contributed by atoms with Crippen molar-refractivity contribution in [3.8, 4) is 0 Å². The van der Waals surface area contributed by atoms with E-state index in [1.165, 1.54) is 83.5 Å². The van der Waals surface area contributed by atoms with E-state index in [1.54, 1.807) is 0 Å². The van der Waals surface area contributed by atoms with Crippen molar-refractivity contribution in [3.05, 3.63) is 0 Å². The van der Waals surface area contributed by atoms with E-state index >= 15 is 0 Å². The Morgan fingerprint density at radius 1 is 0.478 bits per heavy atom. The highest BCUT2D eigenvalue weighted by atomic mass is 16.3. The fourth-order valence-electron chi connectivity index (χ4n) is 3.10. The van der Waals surface area contributed by atoms with Gasteiger partial charge in [0.1, 0.15) is 0 Å². The fraction of sp³-hybridized carbons (Fsp3) is 1.00. The third-order valence-corrected chi connectivity index (χ3v) is 4.63. The minimum absolute atomic E-state index is 0.296. The quantitative estimate of drug-likeness (QED) is 0.336. The lowest BCUT2D eigenvalue weighted by molar-refractivity contribution is 0.190. The first-order chi connectivity index (χ1) is 11.3. The van der Waals surface area contributed by atoms with Crippen LogP contribution in [0, 0.1) is 0 Å². The molecule has 0 aliphatic heterocycles. The zero-order valence-electron chi connectivity index (χ0n) is 15.8. The number of hydrogen-bond donors (Lipinski definition) is 2. The van der Waals surface area contributed by atoms with Crippen molar-refractivity contribution in [2.45, 2.75) is 96.8 Å². The van der Waals surface area contributed by atoms with Crippen LogP contribution in [0.15, 0.2) is 0 Å². The van der Waals surface area contributed by atoms with Gasteiger partial charge in [-0.25, -0.2) is 0 Å². The first-order valence-corrected chi connectivity index (χ1v) is 10.3. The van der Waals surface area contributed by atoms with Crippen molar-refractivity contribution in [2.24, 2.45) is 0 Å². The summed E-state index contributed by atoms with van der Waals surface area (Å²) >= 11 is 0. The molecule has 23 heavy (non-hydrogen) atoms. The second-order valence-electron chi connectivity index (χ2n) is 6.89. The standard InChI is InChI=1S/C20H43NO2/c1-2-3-13-16-21(18-20-23)17-14-11-9-7-5-4-6-8-10-12-15-19-22/h22-23H,2-20H2,1H3. The molecule has 0 amide bonds. The van der Waals surface area contributed by atoms with Gasteiger partial charge in [0.2, 0.25) is 0 Å². The molecule has 0 rings (SSSR count). The normalized spacial score (nSPS) is 11.5. The first-order valence-electron chi connectivity index (χ1n) is 10.3. The van der Waals surface area contributed by atoms with Crippen LogP contribution in [0.2, 0.25) is 0 Å². The van der Waals surface area contributed by atoms with E-state index in [0.717, 1.165) is 26.1 Å². The molecule has 0 unspecified atom stereocenters. The highest BCUT2D eigenvalue weighted by molar-refractivity contribution is 4.58. The predicted molar refractivity (Wildman–Crippen MR) is 101 cm³/mol. The van der Waals surface area contributed by atoms with Crippen molar-refractivity contribution in [2.75, 3.05) is 32.8 Å². The Hall–Kier alpha value is -0.120. The van der Waals surface area contributed by atoms with Crippen LogP contribution in [0.1, 0.15) is 96.8 Å². The van der Waals surface area contributed by atoms with E-state index in [-0.39, 0.29) is 0 Å². The van der Waals surface area contributed by atoms with Gasteiger partial charge < -0.3 is 15.1 Å². The molecule has 140 valence electrons. The van der Waals surface area contributed by atoms with Gasteiger partial charge in [0.05, 0.1) is 6.61 Å². The average molecular weight is 330 g/mol. The third-order valence-electron chi connectivity index (χ3n) is 4.63. The van der Waals surface area contributed by atoms with E-state index in [4.69, 9.17) is 10.2 Å². The molecule has 0 aromatic rings. The molecule has 0 heterocycles. The Morgan fingerprint density at radius 3 is 1.35 bits per heavy atom. The predicted octanol–water partition coefficient (Wildman–Crippen LogP) is 4.75. The van der Waals surface area contributed by atoms with Gasteiger partial charge in [0, 0.05) is 13.2 Å². The van der Waals surface area contributed by atoms with Crippen molar-refractivity contribution in [1.29, 1.82) is 0 Å². The summed E-state index contributed by atoms with van der Waals surface area (Å²) in [4.78, 5) is 2.43. The maximum absolute atomic E-state index is 9.13. The van der Waals surface area contributed by atoms with E-state index in [0.29, 0.717) is 13.2 Å². The van der Waals surface area contributed by atoms with Crippen LogP contribution in [0.3, 0.4) is 0 Å². The number of nitrogens with zero attached hydrogens (tertiary/aromatic N) is 1. The summed E-state index contributed by atoms with van der Waals surface area (Å²) < 4.78 is 0. The Bertz CT molecular complexity index is 212. The van der Waals surface area contributed by atoms with Crippen LogP contribution in [0.4, 0.5) is 0 Å². The lowest BCUT2D eigenvalue weighted by atomic mass is 10.1. The van der Waals surface area contributed by atoms with Crippen LogP contribution in [0.25, 0.3) is 0 Å². The lowest BCUT2D eigenvalue weighted by Gasteiger charge is -2.21. The smallest absolute Gasteiger partial charge is 0.0558 e. The third kappa shape index (κ3) is 18.1. The van der Waals surface area contributed by atoms with Crippen molar-refractivity contribution >= 4 is 0 Å². The van der Waals surface area contributed by atoms with Crippen molar-refractivity contribution in [1.82, 2.24) is 4.90 Å². The number of aliphatic hydroxyl groups is 2. The number of unbranched alkanes of at least 4 members (excludes halogenated alkanes) is 12. The Labute approximate surface area is 145 Å². The number of hydrogen-bond acceptors (Lipinski definition) is 3. The molecule has 0 atom stereocenters. The maximum atomic E-state index is 9.13. The molecule has 0 aromatic heterocycles. The largest absolute Gasteiger partial charge is 0.396 e. The van der Waals surface area contributed by atoms with Gasteiger partial charge in [-0.15, -0.1) is 0 Å². The summed E-state index contributed by atoms with van der Waals surface area (Å²) in [7, 11) is 0. The van der Waals surface area contributed by atoms with Gasteiger partial charge in [0.15, 0.2) is 0 Å². The van der Waals surface area contributed by atoms with Gasteiger partial charge in [-0.2, -0.15) is 0 Å². The molecule has 0 bridgehead atoms. The number of rotatable bonds is 19. The summed E-state index contributed by atoms with van der Waals surface area (Å²) in [6.45, 7) is 6.06. The second-order valence-corrected chi connectivity index (χ2v) is 6.89. The summed E-state index contributed by atoms with van der Waals surface area (Å²) in [6.07, 6.45) is 18.2. The Balaban J connectivity index is 3.28. The van der Waals surface area contributed by atoms with E-state index in [9.17, 15) is 0 Å². The van der Waals surface area contributed by atoms with Crippen LogP contribution in [0.5, 0.6) is 0 Å².